The van der Waals surface area contributed by atoms with Crippen molar-refractivity contribution in [3.8, 4) is 5.69 Å². The number of anilines is 1. The Bertz CT molecular complexity index is 1180. The third-order valence-electron chi connectivity index (χ3n) is 4.61. The minimum Gasteiger partial charge on any atom is -0.325 e. The minimum atomic E-state index is -0.336. The fourth-order valence-electron chi connectivity index (χ4n) is 3.04. The summed E-state index contributed by atoms with van der Waals surface area (Å²) in [5, 5.41) is 3.48. The lowest BCUT2D eigenvalue weighted by Crippen LogP contribution is -2.14. The Morgan fingerprint density at radius 1 is 1.07 bits per heavy atom. The lowest BCUT2D eigenvalue weighted by Gasteiger charge is -2.10. The van der Waals surface area contributed by atoms with Crippen LogP contribution in [0.5, 0.6) is 0 Å². The van der Waals surface area contributed by atoms with Crippen molar-refractivity contribution in [3.05, 3.63) is 83.7 Å². The molecule has 0 bridgehead atoms. The number of rotatable bonds is 5. The molecule has 0 unspecified atom stereocenters. The Balaban J connectivity index is 1.57. The van der Waals surface area contributed by atoms with E-state index in [-0.39, 0.29) is 17.5 Å². The third-order valence-corrected chi connectivity index (χ3v) is 5.55. The Labute approximate surface area is 172 Å². The lowest BCUT2D eigenvalue weighted by molar-refractivity contribution is -0.113. The van der Waals surface area contributed by atoms with Crippen LogP contribution in [0.15, 0.2) is 71.9 Å². The molecule has 29 heavy (non-hydrogen) atoms. The molecule has 4 nitrogen and oxygen atoms in total. The van der Waals surface area contributed by atoms with E-state index in [2.05, 4.69) is 22.0 Å². The second-order valence-electron chi connectivity index (χ2n) is 6.85. The Kier molecular flexibility index (Phi) is 5.36. The van der Waals surface area contributed by atoms with E-state index >= 15 is 0 Å². The number of hydrogen-bond donors (Lipinski definition) is 1. The smallest absolute Gasteiger partial charge is 0.234 e. The van der Waals surface area contributed by atoms with Crippen LogP contribution < -0.4 is 5.32 Å². The van der Waals surface area contributed by atoms with Crippen molar-refractivity contribution in [3.63, 3.8) is 0 Å². The first-order valence-electron chi connectivity index (χ1n) is 9.24. The number of amides is 1. The van der Waals surface area contributed by atoms with Crippen molar-refractivity contribution in [2.45, 2.75) is 19.0 Å². The van der Waals surface area contributed by atoms with E-state index in [4.69, 9.17) is 4.98 Å². The SMILES string of the molecule is Cc1ccc(-n2c(SCC(=O)Nc3ccc(C)c(F)c3)nc3ccccc32)cc1. The summed E-state index contributed by atoms with van der Waals surface area (Å²) in [6.07, 6.45) is 0. The summed E-state index contributed by atoms with van der Waals surface area (Å²) in [6, 6.07) is 20.8. The first kappa shape index (κ1) is 19.2. The van der Waals surface area contributed by atoms with Crippen LogP contribution in [0, 0.1) is 19.7 Å². The predicted molar refractivity (Wildman–Crippen MR) is 116 cm³/mol. The molecule has 0 saturated carbocycles. The zero-order valence-corrected chi connectivity index (χ0v) is 17.0. The molecule has 146 valence electrons. The Morgan fingerprint density at radius 2 is 1.83 bits per heavy atom. The van der Waals surface area contributed by atoms with Crippen molar-refractivity contribution in [1.82, 2.24) is 9.55 Å². The summed E-state index contributed by atoms with van der Waals surface area (Å²) in [4.78, 5) is 17.1. The van der Waals surface area contributed by atoms with Gasteiger partial charge in [-0.25, -0.2) is 9.37 Å². The highest BCUT2D eigenvalue weighted by Gasteiger charge is 2.14. The molecule has 0 aliphatic rings. The fourth-order valence-corrected chi connectivity index (χ4v) is 3.87. The monoisotopic (exact) mass is 405 g/mol. The minimum absolute atomic E-state index is 0.171. The largest absolute Gasteiger partial charge is 0.325 e. The highest BCUT2D eigenvalue weighted by Crippen LogP contribution is 2.28. The van der Waals surface area contributed by atoms with E-state index in [0.29, 0.717) is 11.3 Å². The summed E-state index contributed by atoms with van der Waals surface area (Å²) in [7, 11) is 0. The number of carbonyl (C=O) groups excluding carboxylic acids is 1. The normalized spacial score (nSPS) is 11.0. The quantitative estimate of drug-likeness (QED) is 0.445. The van der Waals surface area contributed by atoms with Gasteiger partial charge in [-0.2, -0.15) is 0 Å². The number of imidazole rings is 1. The first-order chi connectivity index (χ1) is 14.0. The van der Waals surface area contributed by atoms with Crippen LogP contribution >= 0.6 is 11.8 Å². The fraction of sp³-hybridized carbons (Fsp3) is 0.130. The summed E-state index contributed by atoms with van der Waals surface area (Å²) >= 11 is 1.35. The molecule has 4 aromatic rings. The molecule has 1 N–H and O–H groups in total. The van der Waals surface area contributed by atoms with E-state index in [1.807, 2.05) is 43.3 Å². The number of benzene rings is 3. The molecule has 3 aromatic carbocycles. The second kappa shape index (κ2) is 8.09. The molecule has 0 aliphatic heterocycles. The van der Waals surface area contributed by atoms with Gasteiger partial charge in [0.15, 0.2) is 5.16 Å². The van der Waals surface area contributed by atoms with Gasteiger partial charge in [-0.1, -0.05) is 47.7 Å². The van der Waals surface area contributed by atoms with Gasteiger partial charge in [0.25, 0.3) is 0 Å². The highest BCUT2D eigenvalue weighted by atomic mass is 32.2. The number of halogens is 1. The standard InChI is InChI=1S/C23H20FN3OS/c1-15-7-11-18(12-8-15)27-21-6-4-3-5-20(21)26-23(27)29-14-22(28)25-17-10-9-16(2)19(24)13-17/h3-13H,14H2,1-2H3,(H,25,28). The molecule has 6 heteroatoms. The molecular formula is C23H20FN3OS. The molecule has 0 saturated heterocycles. The van der Waals surface area contributed by atoms with Crippen molar-refractivity contribution in [2.75, 3.05) is 11.1 Å². The summed E-state index contributed by atoms with van der Waals surface area (Å²) in [5.74, 6) is -0.373. The van der Waals surface area contributed by atoms with Crippen molar-refractivity contribution in [2.24, 2.45) is 0 Å². The number of aryl methyl sites for hydroxylation is 2. The number of nitrogens with one attached hydrogen (secondary N) is 1. The van der Waals surface area contributed by atoms with Crippen LogP contribution in [0.2, 0.25) is 0 Å². The average Bonchev–Trinajstić information content (AvgIpc) is 3.08. The van der Waals surface area contributed by atoms with Gasteiger partial charge in [0.05, 0.1) is 16.8 Å². The van der Waals surface area contributed by atoms with Crippen molar-refractivity contribution >= 4 is 34.4 Å². The van der Waals surface area contributed by atoms with Crippen LogP contribution in [-0.4, -0.2) is 21.2 Å². The number of thioether (sulfide) groups is 1. The van der Waals surface area contributed by atoms with E-state index in [1.54, 1.807) is 19.1 Å². The number of hydrogen-bond acceptors (Lipinski definition) is 3. The molecule has 0 fully saturated rings. The summed E-state index contributed by atoms with van der Waals surface area (Å²) in [5.41, 5.74) is 5.02. The summed E-state index contributed by atoms with van der Waals surface area (Å²) in [6.45, 7) is 3.73. The van der Waals surface area contributed by atoms with Gasteiger partial charge in [0, 0.05) is 11.4 Å². The molecule has 0 radical (unpaired) electrons. The third kappa shape index (κ3) is 4.17. The zero-order valence-electron chi connectivity index (χ0n) is 16.1. The van der Waals surface area contributed by atoms with Gasteiger partial charge in [-0.15, -0.1) is 0 Å². The topological polar surface area (TPSA) is 46.9 Å². The van der Waals surface area contributed by atoms with Crippen LogP contribution in [0.1, 0.15) is 11.1 Å². The van der Waals surface area contributed by atoms with Gasteiger partial charge in [0.1, 0.15) is 5.82 Å². The maximum atomic E-state index is 13.7. The van der Waals surface area contributed by atoms with Gasteiger partial charge in [0.2, 0.25) is 5.91 Å². The molecule has 1 heterocycles. The number of fused-ring (bicyclic) bond motifs is 1. The van der Waals surface area contributed by atoms with Gasteiger partial charge >= 0.3 is 0 Å². The number of aromatic nitrogens is 2. The molecule has 0 atom stereocenters. The zero-order chi connectivity index (χ0) is 20.4. The van der Waals surface area contributed by atoms with Crippen LogP contribution in [-0.2, 0) is 4.79 Å². The molecule has 0 aliphatic carbocycles. The average molecular weight is 405 g/mol. The molecular weight excluding hydrogens is 385 g/mol. The van der Waals surface area contributed by atoms with Gasteiger partial charge < -0.3 is 5.32 Å². The van der Waals surface area contributed by atoms with Crippen LogP contribution in [0.4, 0.5) is 10.1 Å². The van der Waals surface area contributed by atoms with E-state index in [0.717, 1.165) is 21.9 Å². The number of carbonyl (C=O) groups is 1. The van der Waals surface area contributed by atoms with Crippen LogP contribution in [0.25, 0.3) is 16.7 Å². The maximum absolute atomic E-state index is 13.7. The predicted octanol–water partition coefficient (Wildman–Crippen LogP) is 5.51. The second-order valence-corrected chi connectivity index (χ2v) is 7.80. The van der Waals surface area contributed by atoms with E-state index in [1.165, 1.54) is 23.4 Å². The highest BCUT2D eigenvalue weighted by molar-refractivity contribution is 7.99. The van der Waals surface area contributed by atoms with Gasteiger partial charge in [-0.3, -0.25) is 9.36 Å². The summed E-state index contributed by atoms with van der Waals surface area (Å²) < 4.78 is 15.8. The van der Waals surface area contributed by atoms with Crippen molar-refractivity contribution in [1.29, 1.82) is 0 Å². The lowest BCUT2D eigenvalue weighted by atomic mass is 10.2. The number of para-hydroxylation sites is 2. The molecule has 0 spiro atoms. The number of nitrogens with zero attached hydrogens (tertiary/aromatic N) is 2. The Morgan fingerprint density at radius 3 is 2.59 bits per heavy atom. The van der Waals surface area contributed by atoms with Crippen LogP contribution in [0.3, 0.4) is 0 Å². The maximum Gasteiger partial charge on any atom is 0.234 e. The molecule has 1 amide bonds. The molecule has 4 rings (SSSR count). The Hall–Kier alpha value is -3.12. The van der Waals surface area contributed by atoms with E-state index < -0.39 is 0 Å². The van der Waals surface area contributed by atoms with Gasteiger partial charge in [-0.05, 0) is 55.8 Å². The molecule has 1 aromatic heterocycles. The van der Waals surface area contributed by atoms with E-state index in [9.17, 15) is 9.18 Å². The first-order valence-corrected chi connectivity index (χ1v) is 10.2. The van der Waals surface area contributed by atoms with Crippen molar-refractivity contribution < 1.29 is 9.18 Å².